The molecule has 9 heteroatoms. The third-order valence-electron chi connectivity index (χ3n) is 7.36. The van der Waals surface area contributed by atoms with Crippen LogP contribution in [0.15, 0.2) is 108 Å². The van der Waals surface area contributed by atoms with E-state index in [1.807, 2.05) is 82.3 Å². The molecule has 0 aliphatic heterocycles. The molecule has 0 fully saturated rings. The molecular weight excluding hydrogens is 606 g/mol. The van der Waals surface area contributed by atoms with Gasteiger partial charge >= 0.3 is 0 Å². The predicted octanol–water partition coefficient (Wildman–Crippen LogP) is 6.71. The second-order valence-corrected chi connectivity index (χ2v) is 14.4. The summed E-state index contributed by atoms with van der Waals surface area (Å²) in [4.78, 5) is 30.1. The summed E-state index contributed by atoms with van der Waals surface area (Å²) in [5, 5.41) is 3.42. The molecular formula is C36H40ClN3O4S. The van der Waals surface area contributed by atoms with Crippen LogP contribution in [0, 0.1) is 13.8 Å². The van der Waals surface area contributed by atoms with E-state index < -0.39 is 34.1 Å². The standard InChI is InChI=1S/C36H40ClN3O4S/c1-26-19-21-29(22-20-26)24-39(33(35(42)38-36(3,4)5)23-28-13-8-6-9-14-28)34(41)25-40(32-18-12-17-31(37)27(32)2)45(43,44)30-15-10-7-11-16-30/h6-22,33H,23-25H2,1-5H3,(H,38,42). The quantitative estimate of drug-likeness (QED) is 0.197. The molecule has 0 saturated heterocycles. The molecule has 0 aliphatic carbocycles. The fraction of sp³-hybridized carbons (Fsp3) is 0.278. The predicted molar refractivity (Wildman–Crippen MR) is 181 cm³/mol. The molecule has 1 atom stereocenters. The Morgan fingerprint density at radius 2 is 1.40 bits per heavy atom. The molecule has 0 bridgehead atoms. The SMILES string of the molecule is Cc1ccc(CN(C(=O)CN(c2cccc(Cl)c2C)S(=O)(=O)c2ccccc2)C(Cc2ccccc2)C(=O)NC(C)(C)C)cc1. The number of nitrogens with one attached hydrogen (secondary N) is 1. The summed E-state index contributed by atoms with van der Waals surface area (Å²) < 4.78 is 29.4. The Morgan fingerprint density at radius 1 is 0.800 bits per heavy atom. The molecule has 236 valence electrons. The van der Waals surface area contributed by atoms with Gasteiger partial charge in [-0.3, -0.25) is 13.9 Å². The lowest BCUT2D eigenvalue weighted by Gasteiger charge is -2.35. The maximum atomic E-state index is 14.6. The maximum absolute atomic E-state index is 14.6. The van der Waals surface area contributed by atoms with Crippen molar-refractivity contribution < 1.29 is 18.0 Å². The van der Waals surface area contributed by atoms with Crippen LogP contribution in [-0.2, 0) is 32.6 Å². The van der Waals surface area contributed by atoms with Crippen molar-refractivity contribution in [1.82, 2.24) is 10.2 Å². The van der Waals surface area contributed by atoms with Gasteiger partial charge in [0.15, 0.2) is 0 Å². The number of anilines is 1. The van der Waals surface area contributed by atoms with Crippen LogP contribution in [0.3, 0.4) is 0 Å². The zero-order chi connectivity index (χ0) is 32.8. The van der Waals surface area contributed by atoms with Gasteiger partial charge in [0.05, 0.1) is 10.6 Å². The molecule has 1 unspecified atom stereocenters. The van der Waals surface area contributed by atoms with Crippen molar-refractivity contribution in [2.45, 2.75) is 64.1 Å². The van der Waals surface area contributed by atoms with Crippen molar-refractivity contribution in [3.05, 3.63) is 130 Å². The first kappa shape index (κ1) is 33.7. The first-order valence-corrected chi connectivity index (χ1v) is 16.6. The van der Waals surface area contributed by atoms with Crippen molar-refractivity contribution in [1.29, 1.82) is 0 Å². The summed E-state index contributed by atoms with van der Waals surface area (Å²) in [5.41, 5.74) is 2.97. The van der Waals surface area contributed by atoms with E-state index >= 15 is 0 Å². The van der Waals surface area contributed by atoms with E-state index in [1.165, 1.54) is 17.0 Å². The summed E-state index contributed by atoms with van der Waals surface area (Å²) in [6, 6.07) is 29.2. The molecule has 0 aliphatic rings. The lowest BCUT2D eigenvalue weighted by Crippen LogP contribution is -2.56. The third-order valence-corrected chi connectivity index (χ3v) is 9.54. The highest BCUT2D eigenvalue weighted by Gasteiger charge is 2.36. The van der Waals surface area contributed by atoms with Crippen LogP contribution < -0.4 is 9.62 Å². The van der Waals surface area contributed by atoms with E-state index in [0.29, 0.717) is 10.6 Å². The molecule has 0 spiro atoms. The Labute approximate surface area is 271 Å². The topological polar surface area (TPSA) is 86.8 Å². The van der Waals surface area contributed by atoms with Crippen LogP contribution in [0.4, 0.5) is 5.69 Å². The largest absolute Gasteiger partial charge is 0.350 e. The first-order valence-electron chi connectivity index (χ1n) is 14.8. The Kier molecular flexibility index (Phi) is 10.7. The van der Waals surface area contributed by atoms with Gasteiger partial charge in [-0.2, -0.15) is 0 Å². The molecule has 4 rings (SSSR count). The van der Waals surface area contributed by atoms with E-state index in [0.717, 1.165) is 21.0 Å². The second-order valence-electron chi connectivity index (χ2n) is 12.2. The van der Waals surface area contributed by atoms with E-state index in [4.69, 9.17) is 11.6 Å². The monoisotopic (exact) mass is 645 g/mol. The fourth-order valence-corrected chi connectivity index (χ4v) is 6.66. The number of hydrogen-bond donors (Lipinski definition) is 1. The highest BCUT2D eigenvalue weighted by Crippen LogP contribution is 2.31. The Bertz CT molecular complexity index is 1720. The fourth-order valence-electron chi connectivity index (χ4n) is 5.00. The van der Waals surface area contributed by atoms with Gasteiger partial charge in [-0.25, -0.2) is 8.42 Å². The number of amides is 2. The average molecular weight is 646 g/mol. The molecule has 4 aromatic rings. The molecule has 4 aromatic carbocycles. The van der Waals surface area contributed by atoms with Gasteiger partial charge in [-0.05, 0) is 75.6 Å². The minimum absolute atomic E-state index is 0.0357. The zero-order valence-corrected chi connectivity index (χ0v) is 27.9. The van der Waals surface area contributed by atoms with E-state index in [9.17, 15) is 18.0 Å². The van der Waals surface area contributed by atoms with Gasteiger partial charge in [0.25, 0.3) is 10.0 Å². The molecule has 2 amide bonds. The average Bonchev–Trinajstić information content (AvgIpc) is 3.00. The van der Waals surface area contributed by atoms with Crippen molar-refractivity contribution in [3.8, 4) is 0 Å². The van der Waals surface area contributed by atoms with Gasteiger partial charge in [0.2, 0.25) is 11.8 Å². The number of carbonyl (C=O) groups excluding carboxylic acids is 2. The van der Waals surface area contributed by atoms with E-state index in [-0.39, 0.29) is 29.5 Å². The summed E-state index contributed by atoms with van der Waals surface area (Å²) in [7, 11) is -4.21. The number of halogens is 1. The molecule has 0 heterocycles. The van der Waals surface area contributed by atoms with Crippen LogP contribution in [0.5, 0.6) is 0 Å². The number of carbonyl (C=O) groups is 2. The van der Waals surface area contributed by atoms with Gasteiger partial charge in [-0.1, -0.05) is 96.0 Å². The minimum Gasteiger partial charge on any atom is -0.350 e. The molecule has 7 nitrogen and oxygen atoms in total. The van der Waals surface area contributed by atoms with Crippen LogP contribution in [0.1, 0.15) is 43.0 Å². The summed E-state index contributed by atoms with van der Waals surface area (Å²) in [5.74, 6) is -0.859. The van der Waals surface area contributed by atoms with Crippen molar-refractivity contribution in [2.75, 3.05) is 10.8 Å². The number of aryl methyl sites for hydroxylation is 1. The van der Waals surface area contributed by atoms with Gasteiger partial charge in [-0.15, -0.1) is 0 Å². The van der Waals surface area contributed by atoms with Crippen LogP contribution in [0.25, 0.3) is 0 Å². The molecule has 1 N–H and O–H groups in total. The molecule has 0 saturated carbocycles. The Hall–Kier alpha value is -4.14. The number of rotatable bonds is 11. The zero-order valence-electron chi connectivity index (χ0n) is 26.3. The normalized spacial score (nSPS) is 12.3. The van der Waals surface area contributed by atoms with Crippen LogP contribution in [-0.4, -0.2) is 43.3 Å². The van der Waals surface area contributed by atoms with Crippen molar-refractivity contribution in [2.24, 2.45) is 0 Å². The highest BCUT2D eigenvalue weighted by atomic mass is 35.5. The lowest BCUT2D eigenvalue weighted by atomic mass is 10.0. The summed E-state index contributed by atoms with van der Waals surface area (Å²) >= 11 is 6.45. The second kappa shape index (κ2) is 14.3. The van der Waals surface area contributed by atoms with E-state index in [1.54, 1.807) is 43.3 Å². The minimum atomic E-state index is -4.21. The first-order chi connectivity index (χ1) is 21.3. The van der Waals surface area contributed by atoms with Gasteiger partial charge < -0.3 is 10.2 Å². The lowest BCUT2D eigenvalue weighted by molar-refractivity contribution is -0.140. The van der Waals surface area contributed by atoms with Crippen molar-refractivity contribution >= 4 is 39.1 Å². The molecule has 0 radical (unpaired) electrons. The summed E-state index contributed by atoms with van der Waals surface area (Å²) in [6.07, 6.45) is 0.238. The summed E-state index contributed by atoms with van der Waals surface area (Å²) in [6.45, 7) is 8.89. The van der Waals surface area contributed by atoms with Crippen LogP contribution >= 0.6 is 11.6 Å². The Balaban J connectivity index is 1.84. The molecule has 0 aromatic heterocycles. The van der Waals surface area contributed by atoms with E-state index in [2.05, 4.69) is 5.32 Å². The Morgan fingerprint density at radius 3 is 2.00 bits per heavy atom. The van der Waals surface area contributed by atoms with Crippen molar-refractivity contribution in [3.63, 3.8) is 0 Å². The number of hydrogen-bond acceptors (Lipinski definition) is 4. The maximum Gasteiger partial charge on any atom is 0.264 e. The van der Waals surface area contributed by atoms with Gasteiger partial charge in [0.1, 0.15) is 12.6 Å². The smallest absolute Gasteiger partial charge is 0.264 e. The third kappa shape index (κ3) is 8.74. The number of sulfonamides is 1. The number of nitrogens with zero attached hydrogens (tertiary/aromatic N) is 2. The van der Waals surface area contributed by atoms with Crippen LogP contribution in [0.2, 0.25) is 5.02 Å². The number of benzene rings is 4. The van der Waals surface area contributed by atoms with Gasteiger partial charge in [0, 0.05) is 23.5 Å². The molecule has 45 heavy (non-hydrogen) atoms. The highest BCUT2D eigenvalue weighted by molar-refractivity contribution is 7.92.